The van der Waals surface area contributed by atoms with Crippen molar-refractivity contribution >= 4 is 22.9 Å². The van der Waals surface area contributed by atoms with E-state index in [4.69, 9.17) is 11.6 Å². The second kappa shape index (κ2) is 6.88. The molecule has 1 fully saturated rings. The minimum atomic E-state index is -0.353. The van der Waals surface area contributed by atoms with Crippen LogP contribution in [0.1, 0.15) is 35.9 Å². The predicted molar refractivity (Wildman–Crippen MR) is 86.6 cm³/mol. The maximum Gasteiger partial charge on any atom is 0.0896 e. The third kappa shape index (κ3) is 3.83. The number of halogens is 1. The number of thiophene rings is 1. The maximum absolute atomic E-state index is 10.3. The molecule has 3 rings (SSSR count). The van der Waals surface area contributed by atoms with E-state index in [1.54, 1.807) is 17.5 Å². The van der Waals surface area contributed by atoms with Crippen LogP contribution in [-0.4, -0.2) is 27.6 Å². The van der Waals surface area contributed by atoms with Crippen molar-refractivity contribution in [2.45, 2.75) is 38.0 Å². The number of likely N-dealkylation sites (tertiary alicyclic amines) is 1. The van der Waals surface area contributed by atoms with E-state index >= 15 is 0 Å². The van der Waals surface area contributed by atoms with Crippen LogP contribution in [0.3, 0.4) is 0 Å². The SMILES string of the molecule is OC(CC1CCCN1Cc1ccc(Cl)cn1)c1cccs1. The summed E-state index contributed by atoms with van der Waals surface area (Å²) >= 11 is 7.50. The molecule has 3 nitrogen and oxygen atoms in total. The van der Waals surface area contributed by atoms with E-state index in [0.29, 0.717) is 11.1 Å². The molecule has 5 heteroatoms. The van der Waals surface area contributed by atoms with E-state index in [9.17, 15) is 5.11 Å². The Bertz CT molecular complexity index is 558. The fourth-order valence-corrected chi connectivity index (χ4v) is 3.77. The van der Waals surface area contributed by atoms with E-state index in [1.807, 2.05) is 29.6 Å². The summed E-state index contributed by atoms with van der Waals surface area (Å²) in [6, 6.07) is 8.30. The van der Waals surface area contributed by atoms with Gasteiger partial charge in [0.2, 0.25) is 0 Å². The molecule has 1 N–H and O–H groups in total. The van der Waals surface area contributed by atoms with Crippen LogP contribution in [-0.2, 0) is 6.54 Å². The summed E-state index contributed by atoms with van der Waals surface area (Å²) in [6.45, 7) is 1.91. The highest BCUT2D eigenvalue weighted by molar-refractivity contribution is 7.10. The molecule has 2 atom stereocenters. The van der Waals surface area contributed by atoms with Gasteiger partial charge in [0.1, 0.15) is 0 Å². The van der Waals surface area contributed by atoms with Crippen molar-refractivity contribution in [2.75, 3.05) is 6.54 Å². The molecule has 0 amide bonds. The van der Waals surface area contributed by atoms with Gasteiger partial charge in [-0.3, -0.25) is 9.88 Å². The van der Waals surface area contributed by atoms with E-state index < -0.39 is 0 Å². The average molecular weight is 323 g/mol. The second-order valence-electron chi connectivity index (χ2n) is 5.50. The summed E-state index contributed by atoms with van der Waals surface area (Å²) in [6.07, 6.45) is 4.48. The van der Waals surface area contributed by atoms with Gasteiger partial charge < -0.3 is 5.11 Å². The van der Waals surface area contributed by atoms with Crippen LogP contribution >= 0.6 is 22.9 Å². The molecule has 112 valence electrons. The van der Waals surface area contributed by atoms with Gasteiger partial charge in [-0.15, -0.1) is 11.3 Å². The molecule has 3 heterocycles. The topological polar surface area (TPSA) is 36.4 Å². The van der Waals surface area contributed by atoms with E-state index in [0.717, 1.165) is 36.5 Å². The lowest BCUT2D eigenvalue weighted by Crippen LogP contribution is -2.30. The largest absolute Gasteiger partial charge is 0.388 e. The van der Waals surface area contributed by atoms with Crippen molar-refractivity contribution in [1.82, 2.24) is 9.88 Å². The number of pyridine rings is 1. The molecular weight excluding hydrogens is 304 g/mol. The lowest BCUT2D eigenvalue weighted by Gasteiger charge is -2.25. The van der Waals surface area contributed by atoms with Crippen LogP contribution in [0.5, 0.6) is 0 Å². The molecule has 1 aliphatic rings. The Balaban J connectivity index is 1.61. The molecular formula is C16H19ClN2OS. The molecule has 0 radical (unpaired) electrons. The first-order chi connectivity index (χ1) is 10.2. The first kappa shape index (κ1) is 15.0. The molecule has 21 heavy (non-hydrogen) atoms. The standard InChI is InChI=1S/C16H19ClN2OS/c17-12-5-6-13(18-10-12)11-19-7-1-3-14(19)9-15(20)16-4-2-8-21-16/h2,4-6,8,10,14-15,20H,1,3,7,9,11H2. The molecule has 1 aliphatic heterocycles. The Labute approximate surface area is 134 Å². The molecule has 0 aromatic carbocycles. The fraction of sp³-hybridized carbons (Fsp3) is 0.438. The van der Waals surface area contributed by atoms with E-state index in [2.05, 4.69) is 9.88 Å². The molecule has 1 saturated heterocycles. The molecule has 2 aromatic rings. The quantitative estimate of drug-likeness (QED) is 0.907. The number of rotatable bonds is 5. The Kier molecular flexibility index (Phi) is 4.91. The molecule has 0 aliphatic carbocycles. The maximum atomic E-state index is 10.3. The minimum absolute atomic E-state index is 0.353. The summed E-state index contributed by atoms with van der Waals surface area (Å²) in [5.74, 6) is 0. The Hall–Kier alpha value is -0.940. The fourth-order valence-electron chi connectivity index (χ4n) is 2.93. The first-order valence-corrected chi connectivity index (χ1v) is 8.54. The Morgan fingerprint density at radius 3 is 3.05 bits per heavy atom. The van der Waals surface area contributed by atoms with Crippen molar-refractivity contribution in [3.63, 3.8) is 0 Å². The molecule has 2 aromatic heterocycles. The van der Waals surface area contributed by atoms with Crippen LogP contribution in [0.15, 0.2) is 35.8 Å². The van der Waals surface area contributed by atoms with Crippen LogP contribution in [0, 0.1) is 0 Å². The molecule has 0 bridgehead atoms. The third-order valence-corrected chi connectivity index (χ3v) is 5.22. The number of aromatic nitrogens is 1. The number of hydrogen-bond donors (Lipinski definition) is 1. The normalized spacial score (nSPS) is 20.8. The zero-order valence-corrected chi connectivity index (χ0v) is 13.4. The van der Waals surface area contributed by atoms with Gasteiger partial charge in [0, 0.05) is 23.7 Å². The van der Waals surface area contributed by atoms with Gasteiger partial charge in [-0.05, 0) is 49.4 Å². The van der Waals surface area contributed by atoms with Crippen LogP contribution < -0.4 is 0 Å². The third-order valence-electron chi connectivity index (χ3n) is 4.02. The van der Waals surface area contributed by atoms with Gasteiger partial charge in [0.25, 0.3) is 0 Å². The predicted octanol–water partition coefficient (Wildman–Crippen LogP) is 3.88. The van der Waals surface area contributed by atoms with Gasteiger partial charge in [0.05, 0.1) is 16.8 Å². The van der Waals surface area contributed by atoms with Crippen molar-refractivity contribution in [3.05, 3.63) is 51.4 Å². The van der Waals surface area contributed by atoms with Crippen LogP contribution in [0.25, 0.3) is 0 Å². The van der Waals surface area contributed by atoms with Gasteiger partial charge in [0.15, 0.2) is 0 Å². The van der Waals surface area contributed by atoms with Crippen molar-refractivity contribution in [1.29, 1.82) is 0 Å². The molecule has 2 unspecified atom stereocenters. The van der Waals surface area contributed by atoms with Gasteiger partial charge in [-0.1, -0.05) is 17.7 Å². The lowest BCUT2D eigenvalue weighted by atomic mass is 10.1. The summed E-state index contributed by atoms with van der Waals surface area (Å²) in [7, 11) is 0. The monoisotopic (exact) mass is 322 g/mol. The Morgan fingerprint density at radius 2 is 2.33 bits per heavy atom. The van der Waals surface area contributed by atoms with Crippen LogP contribution in [0.4, 0.5) is 0 Å². The van der Waals surface area contributed by atoms with Crippen LogP contribution in [0.2, 0.25) is 5.02 Å². The van der Waals surface area contributed by atoms with E-state index in [1.165, 1.54) is 6.42 Å². The van der Waals surface area contributed by atoms with Crippen molar-refractivity contribution < 1.29 is 5.11 Å². The number of aliphatic hydroxyl groups excluding tert-OH is 1. The molecule has 0 spiro atoms. The van der Waals surface area contributed by atoms with Gasteiger partial charge in [-0.2, -0.15) is 0 Å². The zero-order chi connectivity index (χ0) is 14.7. The summed E-state index contributed by atoms with van der Waals surface area (Å²) in [5.41, 5.74) is 1.04. The smallest absolute Gasteiger partial charge is 0.0896 e. The van der Waals surface area contributed by atoms with Gasteiger partial charge in [-0.25, -0.2) is 0 Å². The molecule has 0 saturated carbocycles. The number of nitrogens with zero attached hydrogens (tertiary/aromatic N) is 2. The highest BCUT2D eigenvalue weighted by Crippen LogP contribution is 2.30. The average Bonchev–Trinajstić information content (AvgIpc) is 3.14. The van der Waals surface area contributed by atoms with Gasteiger partial charge >= 0.3 is 0 Å². The summed E-state index contributed by atoms with van der Waals surface area (Å²) in [5, 5.41) is 13.0. The highest BCUT2D eigenvalue weighted by Gasteiger charge is 2.27. The lowest BCUT2D eigenvalue weighted by molar-refractivity contribution is 0.120. The number of aliphatic hydroxyl groups is 1. The second-order valence-corrected chi connectivity index (χ2v) is 6.92. The van der Waals surface area contributed by atoms with E-state index in [-0.39, 0.29) is 6.10 Å². The highest BCUT2D eigenvalue weighted by atomic mass is 35.5. The summed E-state index contributed by atoms with van der Waals surface area (Å²) < 4.78 is 0. The summed E-state index contributed by atoms with van der Waals surface area (Å²) in [4.78, 5) is 7.86. The number of hydrogen-bond acceptors (Lipinski definition) is 4. The van der Waals surface area contributed by atoms with Crippen molar-refractivity contribution in [3.8, 4) is 0 Å². The zero-order valence-electron chi connectivity index (χ0n) is 11.8. The Morgan fingerprint density at radius 1 is 1.43 bits per heavy atom. The van der Waals surface area contributed by atoms with Crippen molar-refractivity contribution in [2.24, 2.45) is 0 Å². The minimum Gasteiger partial charge on any atom is -0.388 e. The first-order valence-electron chi connectivity index (χ1n) is 7.28.